The molecular weight excluding hydrogens is 264 g/mol. The van der Waals surface area contributed by atoms with Crippen molar-refractivity contribution in [2.24, 2.45) is 0 Å². The van der Waals surface area contributed by atoms with E-state index in [0.717, 1.165) is 6.42 Å². The Bertz CT molecular complexity index is 558. The van der Waals surface area contributed by atoms with Crippen molar-refractivity contribution in [1.82, 2.24) is 9.55 Å². The van der Waals surface area contributed by atoms with Crippen LogP contribution in [0.5, 0.6) is 6.01 Å². The quantitative estimate of drug-likeness (QED) is 0.783. The molecule has 0 saturated carbocycles. The molecule has 0 radical (unpaired) electrons. The number of nitrogens with zero attached hydrogens (tertiary/aromatic N) is 2. The molecule has 20 heavy (non-hydrogen) atoms. The van der Waals surface area contributed by atoms with Gasteiger partial charge in [-0.3, -0.25) is 9.36 Å². The second kappa shape index (κ2) is 5.16. The first-order chi connectivity index (χ1) is 9.61. The van der Waals surface area contributed by atoms with E-state index >= 15 is 0 Å². The zero-order chi connectivity index (χ0) is 14.3. The molecule has 7 nitrogen and oxygen atoms in total. The number of rotatable bonds is 4. The second-order valence-corrected chi connectivity index (χ2v) is 5.13. The molecule has 2 aliphatic rings. The highest BCUT2D eigenvalue weighted by Crippen LogP contribution is 2.39. The van der Waals surface area contributed by atoms with E-state index in [-0.39, 0.29) is 11.6 Å². The number of aryl methyl sites for hydroxylation is 1. The standard InChI is InChI=1S/C13H18N2O5/c1-3-4-18-6-8-9(16)10-12(19-8)15-5-7(2)11(17)14-13(15)20-10/h5,8-10,12,16H,3-4,6H2,1-2H3. The SMILES string of the molecule is CCCOCC1OC2C(Oc3nc(=O)c(C)cn32)C1O. The fourth-order valence-electron chi connectivity index (χ4n) is 2.49. The first-order valence-corrected chi connectivity index (χ1v) is 6.79. The van der Waals surface area contributed by atoms with Gasteiger partial charge in [0.05, 0.1) is 6.61 Å². The van der Waals surface area contributed by atoms with E-state index in [1.165, 1.54) is 0 Å². The van der Waals surface area contributed by atoms with Crippen LogP contribution in [0.25, 0.3) is 0 Å². The lowest BCUT2D eigenvalue weighted by Crippen LogP contribution is -2.35. The van der Waals surface area contributed by atoms with Gasteiger partial charge in [-0.15, -0.1) is 0 Å². The fourth-order valence-corrected chi connectivity index (χ4v) is 2.49. The maximum absolute atomic E-state index is 11.5. The van der Waals surface area contributed by atoms with Crippen molar-refractivity contribution < 1.29 is 19.3 Å². The first kappa shape index (κ1) is 13.5. The van der Waals surface area contributed by atoms with Crippen molar-refractivity contribution in [3.05, 3.63) is 22.1 Å². The summed E-state index contributed by atoms with van der Waals surface area (Å²) < 4.78 is 18.4. The van der Waals surface area contributed by atoms with Crippen LogP contribution in [0.1, 0.15) is 25.1 Å². The molecule has 1 fully saturated rings. The van der Waals surface area contributed by atoms with Gasteiger partial charge in [-0.1, -0.05) is 6.92 Å². The topological polar surface area (TPSA) is 82.8 Å². The number of aromatic nitrogens is 2. The maximum Gasteiger partial charge on any atom is 0.302 e. The summed E-state index contributed by atoms with van der Waals surface area (Å²) in [4.78, 5) is 15.3. The van der Waals surface area contributed by atoms with Crippen molar-refractivity contribution in [2.75, 3.05) is 13.2 Å². The Hall–Kier alpha value is -1.44. The van der Waals surface area contributed by atoms with Crippen molar-refractivity contribution in [3.8, 4) is 6.01 Å². The van der Waals surface area contributed by atoms with Crippen LogP contribution in [0.2, 0.25) is 0 Å². The number of aliphatic hydroxyl groups excluding tert-OH is 1. The van der Waals surface area contributed by atoms with E-state index in [4.69, 9.17) is 14.2 Å². The zero-order valence-corrected chi connectivity index (χ0v) is 11.5. The third-order valence-electron chi connectivity index (χ3n) is 3.55. The van der Waals surface area contributed by atoms with Crippen LogP contribution in [-0.4, -0.2) is 46.2 Å². The number of ether oxygens (including phenoxy) is 3. The molecular formula is C13H18N2O5. The molecule has 3 heterocycles. The highest BCUT2D eigenvalue weighted by atomic mass is 16.6. The number of fused-ring (bicyclic) bond motifs is 3. The molecule has 7 heteroatoms. The predicted molar refractivity (Wildman–Crippen MR) is 68.7 cm³/mol. The highest BCUT2D eigenvalue weighted by Gasteiger charge is 2.51. The summed E-state index contributed by atoms with van der Waals surface area (Å²) in [5, 5.41) is 10.2. The van der Waals surface area contributed by atoms with Crippen LogP contribution in [-0.2, 0) is 9.47 Å². The minimum atomic E-state index is -0.797. The van der Waals surface area contributed by atoms with Crippen LogP contribution < -0.4 is 10.3 Å². The molecule has 110 valence electrons. The van der Waals surface area contributed by atoms with Crippen molar-refractivity contribution in [1.29, 1.82) is 0 Å². The minimum absolute atomic E-state index is 0.197. The van der Waals surface area contributed by atoms with Crippen LogP contribution in [0.15, 0.2) is 11.0 Å². The number of hydrogen-bond donors (Lipinski definition) is 1. The van der Waals surface area contributed by atoms with Gasteiger partial charge >= 0.3 is 6.01 Å². The number of hydrogen-bond acceptors (Lipinski definition) is 6. The summed E-state index contributed by atoms with van der Waals surface area (Å²) in [5.41, 5.74) is 0.190. The lowest BCUT2D eigenvalue weighted by atomic mass is 10.1. The van der Waals surface area contributed by atoms with E-state index in [0.29, 0.717) is 18.8 Å². The van der Waals surface area contributed by atoms with Crippen molar-refractivity contribution in [2.45, 2.75) is 44.8 Å². The third kappa shape index (κ3) is 2.11. The average molecular weight is 282 g/mol. The fraction of sp³-hybridized carbons (Fsp3) is 0.692. The van der Waals surface area contributed by atoms with Crippen LogP contribution in [0, 0.1) is 6.92 Å². The summed E-state index contributed by atoms with van der Waals surface area (Å²) in [6.45, 7) is 4.66. The zero-order valence-electron chi connectivity index (χ0n) is 11.5. The Morgan fingerprint density at radius 3 is 3.10 bits per heavy atom. The average Bonchev–Trinajstić information content (AvgIpc) is 2.90. The van der Waals surface area contributed by atoms with Gasteiger partial charge in [0.2, 0.25) is 0 Å². The Morgan fingerprint density at radius 2 is 2.35 bits per heavy atom. The van der Waals surface area contributed by atoms with Crippen LogP contribution in [0.4, 0.5) is 0 Å². The maximum atomic E-state index is 11.5. The molecule has 4 atom stereocenters. The molecule has 1 saturated heterocycles. The van der Waals surface area contributed by atoms with Gasteiger partial charge in [0.1, 0.15) is 12.2 Å². The van der Waals surface area contributed by atoms with Gasteiger partial charge in [-0.2, -0.15) is 4.98 Å². The highest BCUT2D eigenvalue weighted by molar-refractivity contribution is 5.15. The summed E-state index contributed by atoms with van der Waals surface area (Å²) >= 11 is 0. The molecule has 3 rings (SSSR count). The van der Waals surface area contributed by atoms with E-state index < -0.39 is 24.5 Å². The normalized spacial score (nSPS) is 30.9. The van der Waals surface area contributed by atoms with E-state index in [1.807, 2.05) is 6.92 Å². The van der Waals surface area contributed by atoms with E-state index in [2.05, 4.69) is 4.98 Å². The van der Waals surface area contributed by atoms with Gasteiger partial charge in [-0.05, 0) is 13.3 Å². The second-order valence-electron chi connectivity index (χ2n) is 5.13. The lowest BCUT2D eigenvalue weighted by molar-refractivity contribution is -0.0616. The molecule has 0 amide bonds. The first-order valence-electron chi connectivity index (χ1n) is 6.79. The predicted octanol–water partition coefficient (Wildman–Crippen LogP) is -0.00238. The summed E-state index contributed by atoms with van der Waals surface area (Å²) in [7, 11) is 0. The molecule has 1 aromatic heterocycles. The number of aliphatic hydroxyl groups is 1. The van der Waals surface area contributed by atoms with Crippen LogP contribution >= 0.6 is 0 Å². The van der Waals surface area contributed by atoms with Crippen LogP contribution in [0.3, 0.4) is 0 Å². The molecule has 2 aliphatic heterocycles. The van der Waals surface area contributed by atoms with Gasteiger partial charge in [0.25, 0.3) is 5.56 Å². The van der Waals surface area contributed by atoms with Crippen molar-refractivity contribution in [3.63, 3.8) is 0 Å². The Kier molecular flexibility index (Phi) is 3.49. The summed E-state index contributed by atoms with van der Waals surface area (Å²) in [6.07, 6.45) is 0.343. The largest absolute Gasteiger partial charge is 0.453 e. The summed E-state index contributed by atoms with van der Waals surface area (Å²) in [6, 6.07) is 0.197. The van der Waals surface area contributed by atoms with E-state index in [1.54, 1.807) is 17.7 Å². The van der Waals surface area contributed by atoms with E-state index in [9.17, 15) is 9.90 Å². The molecule has 1 N–H and O–H groups in total. The summed E-state index contributed by atoms with van der Waals surface area (Å²) in [5.74, 6) is 0. The smallest absolute Gasteiger partial charge is 0.302 e. The Balaban J connectivity index is 1.78. The lowest BCUT2D eigenvalue weighted by Gasteiger charge is -2.17. The molecule has 0 aromatic carbocycles. The molecule has 0 bridgehead atoms. The Morgan fingerprint density at radius 1 is 1.55 bits per heavy atom. The monoisotopic (exact) mass is 282 g/mol. The van der Waals surface area contributed by atoms with Gasteiger partial charge in [0.15, 0.2) is 12.3 Å². The van der Waals surface area contributed by atoms with Crippen molar-refractivity contribution >= 4 is 0 Å². The molecule has 1 aromatic rings. The molecule has 0 spiro atoms. The van der Waals surface area contributed by atoms with Gasteiger partial charge in [-0.25, -0.2) is 0 Å². The minimum Gasteiger partial charge on any atom is -0.453 e. The molecule has 0 aliphatic carbocycles. The van der Waals surface area contributed by atoms with Gasteiger partial charge in [0, 0.05) is 18.4 Å². The Labute approximate surface area is 116 Å². The van der Waals surface area contributed by atoms with Gasteiger partial charge < -0.3 is 19.3 Å². The molecule has 4 unspecified atom stereocenters. The third-order valence-corrected chi connectivity index (χ3v) is 3.55.